The number of hydrogen-bond donors (Lipinski definition) is 2. The summed E-state index contributed by atoms with van der Waals surface area (Å²) in [5.41, 5.74) is 1.66. The Morgan fingerprint density at radius 2 is 2.00 bits per heavy atom. The number of carbonyl (C=O) groups excluding carboxylic acids is 2. The highest BCUT2D eigenvalue weighted by atomic mass is 16.5. The van der Waals surface area contributed by atoms with Crippen LogP contribution in [0.5, 0.6) is 5.75 Å². The third-order valence-corrected chi connectivity index (χ3v) is 4.98. The average Bonchev–Trinajstić information content (AvgIpc) is 2.98. The van der Waals surface area contributed by atoms with E-state index in [-0.39, 0.29) is 18.1 Å². The summed E-state index contributed by atoms with van der Waals surface area (Å²) in [4.78, 5) is 24.9. The van der Waals surface area contributed by atoms with Gasteiger partial charge >= 0.3 is 12.0 Å². The largest absolute Gasteiger partial charge is 0.496 e. The number of benzene rings is 1. The summed E-state index contributed by atoms with van der Waals surface area (Å²) in [7, 11) is 1.57. The summed E-state index contributed by atoms with van der Waals surface area (Å²) < 4.78 is 11.2. The Bertz CT molecular complexity index is 713. The molecule has 3 rings (SSSR count). The summed E-state index contributed by atoms with van der Waals surface area (Å²) in [6, 6.07) is 6.39. The van der Waals surface area contributed by atoms with Gasteiger partial charge in [-0.3, -0.25) is 0 Å². The van der Waals surface area contributed by atoms with Crippen LogP contribution in [0.3, 0.4) is 0 Å². The Hall–Kier alpha value is -2.50. The summed E-state index contributed by atoms with van der Waals surface area (Å²) in [6.07, 6.45) is 2.96. The summed E-state index contributed by atoms with van der Waals surface area (Å²) in [5.74, 6) is 0.586. The van der Waals surface area contributed by atoms with Crippen molar-refractivity contribution in [1.29, 1.82) is 0 Å². The zero-order chi connectivity index (χ0) is 18.0. The predicted octanol–water partition coefficient (Wildman–Crippen LogP) is 3.05. The predicted molar refractivity (Wildman–Crippen MR) is 93.0 cm³/mol. The molecular weight excluding hydrogens is 320 g/mol. The molecule has 1 aromatic rings. The molecule has 1 aliphatic carbocycles. The van der Waals surface area contributed by atoms with Gasteiger partial charge < -0.3 is 20.1 Å². The lowest BCUT2D eigenvalue weighted by Gasteiger charge is -2.30. The van der Waals surface area contributed by atoms with Crippen LogP contribution >= 0.6 is 0 Å². The van der Waals surface area contributed by atoms with Gasteiger partial charge in [0.1, 0.15) is 11.9 Å². The highest BCUT2D eigenvalue weighted by molar-refractivity contribution is 5.95. The number of methoxy groups -OCH3 is 1. The number of carbonyl (C=O) groups is 2. The zero-order valence-electron chi connectivity index (χ0n) is 14.8. The van der Waals surface area contributed by atoms with Gasteiger partial charge in [-0.05, 0) is 38.2 Å². The minimum atomic E-state index is -0.603. The van der Waals surface area contributed by atoms with Crippen molar-refractivity contribution >= 4 is 12.0 Å². The number of ether oxygens (including phenoxy) is 2. The number of nitrogens with one attached hydrogen (secondary N) is 2. The Morgan fingerprint density at radius 3 is 2.68 bits per heavy atom. The zero-order valence-corrected chi connectivity index (χ0v) is 14.8. The van der Waals surface area contributed by atoms with Gasteiger partial charge in [0.25, 0.3) is 0 Å². The molecule has 0 aromatic heterocycles. The topological polar surface area (TPSA) is 76.7 Å². The molecular formula is C19H24N2O4. The second-order valence-corrected chi connectivity index (χ2v) is 6.66. The van der Waals surface area contributed by atoms with E-state index in [0.717, 1.165) is 24.8 Å². The SMILES string of the molecule is COc1ccccc1C1NC(=O)NC(C)=C1C(=O)OC1CCCC1C. The number of para-hydroxylation sites is 1. The molecule has 0 saturated heterocycles. The van der Waals surface area contributed by atoms with Gasteiger partial charge in [0.15, 0.2) is 0 Å². The first-order valence-electron chi connectivity index (χ1n) is 8.63. The van der Waals surface area contributed by atoms with Crippen LogP contribution in [-0.2, 0) is 9.53 Å². The molecule has 0 spiro atoms. The second kappa shape index (κ2) is 7.17. The first-order chi connectivity index (χ1) is 12.0. The summed E-state index contributed by atoms with van der Waals surface area (Å²) >= 11 is 0. The van der Waals surface area contributed by atoms with Crippen LogP contribution < -0.4 is 15.4 Å². The molecule has 0 bridgehead atoms. The third kappa shape index (κ3) is 3.48. The molecule has 1 aromatic carbocycles. The maximum absolute atomic E-state index is 12.9. The van der Waals surface area contributed by atoms with E-state index in [1.54, 1.807) is 20.1 Å². The average molecular weight is 344 g/mol. The van der Waals surface area contributed by atoms with Gasteiger partial charge in [0.05, 0.1) is 18.7 Å². The number of amides is 2. The molecule has 2 N–H and O–H groups in total. The number of esters is 1. The molecule has 134 valence electrons. The van der Waals surface area contributed by atoms with E-state index in [1.807, 2.05) is 18.2 Å². The van der Waals surface area contributed by atoms with E-state index in [1.165, 1.54) is 0 Å². The Kier molecular flexibility index (Phi) is 4.97. The van der Waals surface area contributed by atoms with Crippen molar-refractivity contribution in [2.75, 3.05) is 7.11 Å². The minimum Gasteiger partial charge on any atom is -0.496 e. The molecule has 6 heteroatoms. The lowest BCUT2D eigenvalue weighted by atomic mass is 9.94. The molecule has 3 atom stereocenters. The van der Waals surface area contributed by atoms with Crippen LogP contribution in [0.25, 0.3) is 0 Å². The second-order valence-electron chi connectivity index (χ2n) is 6.66. The van der Waals surface area contributed by atoms with Gasteiger partial charge in [0, 0.05) is 11.3 Å². The molecule has 1 aliphatic heterocycles. The van der Waals surface area contributed by atoms with Crippen molar-refractivity contribution in [3.63, 3.8) is 0 Å². The molecule has 2 aliphatic rings. The Balaban J connectivity index is 1.93. The number of hydrogen-bond acceptors (Lipinski definition) is 4. The molecule has 25 heavy (non-hydrogen) atoms. The molecule has 0 radical (unpaired) electrons. The van der Waals surface area contributed by atoms with E-state index in [4.69, 9.17) is 9.47 Å². The molecule has 2 amide bonds. The van der Waals surface area contributed by atoms with E-state index < -0.39 is 6.04 Å². The van der Waals surface area contributed by atoms with E-state index >= 15 is 0 Å². The van der Waals surface area contributed by atoms with E-state index in [0.29, 0.717) is 22.9 Å². The minimum absolute atomic E-state index is 0.0660. The number of allylic oxidation sites excluding steroid dienone is 1. The van der Waals surface area contributed by atoms with Crippen molar-refractivity contribution in [1.82, 2.24) is 10.6 Å². The fraction of sp³-hybridized carbons (Fsp3) is 0.474. The number of urea groups is 1. The van der Waals surface area contributed by atoms with Gasteiger partial charge in [-0.1, -0.05) is 25.1 Å². The first kappa shape index (κ1) is 17.3. The fourth-order valence-corrected chi connectivity index (χ4v) is 3.59. The van der Waals surface area contributed by atoms with E-state index in [9.17, 15) is 9.59 Å². The van der Waals surface area contributed by atoms with Gasteiger partial charge in [-0.15, -0.1) is 0 Å². The highest BCUT2D eigenvalue weighted by Crippen LogP contribution is 2.35. The van der Waals surface area contributed by atoms with Crippen LogP contribution in [0.15, 0.2) is 35.5 Å². The van der Waals surface area contributed by atoms with Crippen LogP contribution in [0.2, 0.25) is 0 Å². The standard InChI is InChI=1S/C19H24N2O4/c1-11-7-6-10-14(11)25-18(22)16-12(2)20-19(23)21-17(16)13-8-4-5-9-15(13)24-3/h4-5,8-9,11,14,17H,6-7,10H2,1-3H3,(H2,20,21,23). The molecule has 1 heterocycles. The third-order valence-electron chi connectivity index (χ3n) is 4.98. The van der Waals surface area contributed by atoms with Crippen molar-refractivity contribution in [2.24, 2.45) is 5.92 Å². The van der Waals surface area contributed by atoms with Crippen molar-refractivity contribution in [2.45, 2.75) is 45.3 Å². The van der Waals surface area contributed by atoms with Gasteiger partial charge in [-0.25, -0.2) is 9.59 Å². The maximum atomic E-state index is 12.9. The molecule has 3 unspecified atom stereocenters. The summed E-state index contributed by atoms with van der Waals surface area (Å²) in [5, 5.41) is 5.49. The molecule has 1 saturated carbocycles. The monoisotopic (exact) mass is 344 g/mol. The van der Waals surface area contributed by atoms with Crippen molar-refractivity contribution in [3.05, 3.63) is 41.1 Å². The molecule has 1 fully saturated rings. The lowest BCUT2D eigenvalue weighted by molar-refractivity contribution is -0.146. The van der Waals surface area contributed by atoms with Crippen LogP contribution in [-0.4, -0.2) is 25.2 Å². The van der Waals surface area contributed by atoms with Gasteiger partial charge in [-0.2, -0.15) is 0 Å². The lowest BCUT2D eigenvalue weighted by Crippen LogP contribution is -2.45. The van der Waals surface area contributed by atoms with Crippen LogP contribution in [0, 0.1) is 5.92 Å². The van der Waals surface area contributed by atoms with Crippen LogP contribution in [0.4, 0.5) is 4.79 Å². The quantitative estimate of drug-likeness (QED) is 0.823. The molecule has 6 nitrogen and oxygen atoms in total. The maximum Gasteiger partial charge on any atom is 0.338 e. The van der Waals surface area contributed by atoms with E-state index in [2.05, 4.69) is 17.6 Å². The van der Waals surface area contributed by atoms with Crippen LogP contribution in [0.1, 0.15) is 44.7 Å². The fourth-order valence-electron chi connectivity index (χ4n) is 3.59. The smallest absolute Gasteiger partial charge is 0.338 e. The summed E-state index contributed by atoms with van der Waals surface area (Å²) in [6.45, 7) is 3.82. The normalized spacial score (nSPS) is 26.0. The van der Waals surface area contributed by atoms with Crippen molar-refractivity contribution in [3.8, 4) is 5.75 Å². The van der Waals surface area contributed by atoms with Gasteiger partial charge in [0.2, 0.25) is 0 Å². The van der Waals surface area contributed by atoms with Crippen molar-refractivity contribution < 1.29 is 19.1 Å². The highest BCUT2D eigenvalue weighted by Gasteiger charge is 2.36. The Labute approximate surface area is 147 Å². The Morgan fingerprint density at radius 1 is 1.24 bits per heavy atom. The first-order valence-corrected chi connectivity index (χ1v) is 8.63. The number of rotatable bonds is 4.